The van der Waals surface area contributed by atoms with Crippen molar-refractivity contribution in [3.8, 4) is 22.5 Å². The molecule has 0 atom stereocenters. The van der Waals surface area contributed by atoms with Crippen LogP contribution in [0.3, 0.4) is 0 Å². The number of benzene rings is 4. The van der Waals surface area contributed by atoms with Gasteiger partial charge in [0.05, 0.1) is 22.2 Å². The van der Waals surface area contributed by atoms with Gasteiger partial charge >= 0.3 is 0 Å². The third-order valence-electron chi connectivity index (χ3n) is 7.01. The Kier molecular flexibility index (Phi) is 2.94. The average molecular weight is 407 g/mol. The fourth-order valence-corrected chi connectivity index (χ4v) is 5.60. The summed E-state index contributed by atoms with van der Waals surface area (Å²) in [6.07, 6.45) is 2.87. The number of rotatable bonds is 1. The van der Waals surface area contributed by atoms with Crippen LogP contribution in [0.2, 0.25) is 0 Å². The van der Waals surface area contributed by atoms with Crippen LogP contribution in [0.15, 0.2) is 91.1 Å². The summed E-state index contributed by atoms with van der Waals surface area (Å²) in [5.41, 5.74) is 9.69. The summed E-state index contributed by atoms with van der Waals surface area (Å²) in [6.45, 7) is 0. The van der Waals surface area contributed by atoms with Gasteiger partial charge in [0.2, 0.25) is 0 Å². The smallest absolute Gasteiger partial charge is 0.159 e. The van der Waals surface area contributed by atoms with Gasteiger partial charge in [0.15, 0.2) is 5.82 Å². The molecule has 148 valence electrons. The van der Waals surface area contributed by atoms with Crippen molar-refractivity contribution in [1.82, 2.24) is 14.4 Å². The van der Waals surface area contributed by atoms with E-state index in [0.717, 1.165) is 29.1 Å². The van der Waals surface area contributed by atoms with E-state index in [1.54, 1.807) is 0 Å². The van der Waals surface area contributed by atoms with Gasteiger partial charge in [-0.15, -0.1) is 0 Å². The van der Waals surface area contributed by atoms with Crippen LogP contribution < -0.4 is 0 Å². The maximum absolute atomic E-state index is 4.99. The molecule has 32 heavy (non-hydrogen) atoms. The first kappa shape index (κ1) is 16.5. The Morgan fingerprint density at radius 3 is 2.38 bits per heavy atom. The maximum Gasteiger partial charge on any atom is 0.159 e. The van der Waals surface area contributed by atoms with Crippen molar-refractivity contribution in [2.24, 2.45) is 0 Å². The van der Waals surface area contributed by atoms with Gasteiger partial charge in [-0.25, -0.2) is 9.97 Å². The number of hydrogen-bond donors (Lipinski definition) is 0. The minimum Gasteiger partial charge on any atom is -0.308 e. The molecule has 0 unspecified atom stereocenters. The molecule has 3 heteroatoms. The second-order valence-corrected chi connectivity index (χ2v) is 8.67. The second-order valence-electron chi connectivity index (χ2n) is 8.67. The van der Waals surface area contributed by atoms with Crippen molar-refractivity contribution in [3.63, 3.8) is 0 Å². The van der Waals surface area contributed by atoms with E-state index in [-0.39, 0.29) is 0 Å². The minimum absolute atomic E-state index is 0.794. The number of aromatic nitrogens is 3. The standard InChI is InChI=1S/C29H17N3/c1-2-7-19-17(6-1)14-25-24(19)16-30-29(31-25)18-12-13-21-23-10-5-9-22-20-8-3-4-11-26(20)32(28(22)23)27(21)15-18/h1-13,15-16H,14H2. The Labute approximate surface area is 183 Å². The fraction of sp³-hybridized carbons (Fsp3) is 0.0345. The zero-order chi connectivity index (χ0) is 20.8. The monoisotopic (exact) mass is 407 g/mol. The molecule has 0 N–H and O–H groups in total. The van der Waals surface area contributed by atoms with E-state index in [1.165, 1.54) is 49.2 Å². The minimum atomic E-state index is 0.794. The molecule has 3 nitrogen and oxygen atoms in total. The Morgan fingerprint density at radius 2 is 1.44 bits per heavy atom. The highest BCUT2D eigenvalue weighted by Crippen LogP contribution is 2.40. The summed E-state index contributed by atoms with van der Waals surface area (Å²) in [7, 11) is 0. The molecule has 0 saturated heterocycles. The summed E-state index contributed by atoms with van der Waals surface area (Å²) in [4.78, 5) is 9.76. The van der Waals surface area contributed by atoms with E-state index in [2.05, 4.69) is 89.3 Å². The van der Waals surface area contributed by atoms with Crippen LogP contribution in [0.4, 0.5) is 0 Å². The molecular weight excluding hydrogens is 390 g/mol. The van der Waals surface area contributed by atoms with Crippen molar-refractivity contribution < 1.29 is 0 Å². The largest absolute Gasteiger partial charge is 0.308 e. The first-order valence-electron chi connectivity index (χ1n) is 11.0. The number of nitrogens with zero attached hydrogens (tertiary/aromatic N) is 3. The highest BCUT2D eigenvalue weighted by atomic mass is 14.9. The van der Waals surface area contributed by atoms with E-state index in [9.17, 15) is 0 Å². The molecule has 3 heterocycles. The second kappa shape index (κ2) is 5.71. The molecule has 0 spiro atoms. The SMILES string of the molecule is c1ccc2c(c1)Cc1nc(-c3ccc4c5cccc6c7ccccc7n(c4c3)c65)ncc1-2. The molecule has 1 aliphatic rings. The summed E-state index contributed by atoms with van der Waals surface area (Å²) in [5, 5.41) is 5.17. The summed E-state index contributed by atoms with van der Waals surface area (Å²) < 4.78 is 2.40. The number of fused-ring (bicyclic) bond motifs is 9. The summed E-state index contributed by atoms with van der Waals surface area (Å²) in [5.74, 6) is 0.794. The van der Waals surface area contributed by atoms with E-state index in [4.69, 9.17) is 9.97 Å². The lowest BCUT2D eigenvalue weighted by Gasteiger charge is -2.05. The predicted octanol–water partition coefficient (Wildman–Crippen LogP) is 6.86. The summed E-state index contributed by atoms with van der Waals surface area (Å²) in [6, 6.07) is 30.5. The van der Waals surface area contributed by atoms with E-state index < -0.39 is 0 Å². The molecule has 1 aliphatic carbocycles. The molecule has 0 amide bonds. The van der Waals surface area contributed by atoms with E-state index >= 15 is 0 Å². The third kappa shape index (κ3) is 1.96. The number of para-hydroxylation sites is 2. The summed E-state index contributed by atoms with van der Waals surface area (Å²) >= 11 is 0. The Balaban J connectivity index is 1.39. The van der Waals surface area contributed by atoms with Crippen LogP contribution in [0.1, 0.15) is 11.3 Å². The highest BCUT2D eigenvalue weighted by molar-refractivity contribution is 6.23. The van der Waals surface area contributed by atoms with Crippen LogP contribution >= 0.6 is 0 Å². The molecule has 0 radical (unpaired) electrons. The molecular formula is C29H17N3. The third-order valence-corrected chi connectivity index (χ3v) is 7.01. The lowest BCUT2D eigenvalue weighted by Crippen LogP contribution is -1.94. The quantitative estimate of drug-likeness (QED) is 0.297. The normalized spacial score (nSPS) is 12.9. The Morgan fingerprint density at radius 1 is 0.656 bits per heavy atom. The Hall–Kier alpha value is -4.24. The number of hydrogen-bond acceptors (Lipinski definition) is 2. The molecule has 0 aliphatic heterocycles. The van der Waals surface area contributed by atoms with Gasteiger partial charge < -0.3 is 4.40 Å². The van der Waals surface area contributed by atoms with Gasteiger partial charge in [-0.2, -0.15) is 0 Å². The van der Waals surface area contributed by atoms with Gasteiger partial charge in [0.25, 0.3) is 0 Å². The van der Waals surface area contributed by atoms with Crippen molar-refractivity contribution in [3.05, 3.63) is 102 Å². The van der Waals surface area contributed by atoms with Crippen LogP contribution in [-0.4, -0.2) is 14.4 Å². The van der Waals surface area contributed by atoms with Crippen molar-refractivity contribution in [2.45, 2.75) is 6.42 Å². The van der Waals surface area contributed by atoms with Gasteiger partial charge in [-0.1, -0.05) is 72.8 Å². The zero-order valence-electron chi connectivity index (χ0n) is 17.2. The van der Waals surface area contributed by atoms with Crippen LogP contribution in [0.5, 0.6) is 0 Å². The molecule has 4 aromatic carbocycles. The van der Waals surface area contributed by atoms with Crippen LogP contribution in [0, 0.1) is 0 Å². The molecule has 7 aromatic rings. The fourth-order valence-electron chi connectivity index (χ4n) is 5.60. The van der Waals surface area contributed by atoms with Gasteiger partial charge in [0.1, 0.15) is 0 Å². The van der Waals surface area contributed by atoms with Gasteiger partial charge in [-0.05, 0) is 23.3 Å². The first-order valence-corrected chi connectivity index (χ1v) is 11.0. The molecule has 8 rings (SSSR count). The van der Waals surface area contributed by atoms with Crippen LogP contribution in [-0.2, 0) is 6.42 Å². The zero-order valence-corrected chi connectivity index (χ0v) is 17.2. The van der Waals surface area contributed by atoms with Crippen molar-refractivity contribution in [2.75, 3.05) is 0 Å². The maximum atomic E-state index is 4.99. The molecule has 0 saturated carbocycles. The lowest BCUT2D eigenvalue weighted by atomic mass is 10.1. The van der Waals surface area contributed by atoms with Gasteiger partial charge in [0, 0.05) is 45.3 Å². The highest BCUT2D eigenvalue weighted by Gasteiger charge is 2.21. The molecule has 0 bridgehead atoms. The van der Waals surface area contributed by atoms with Crippen molar-refractivity contribution in [1.29, 1.82) is 0 Å². The van der Waals surface area contributed by atoms with Gasteiger partial charge in [-0.3, -0.25) is 0 Å². The first-order chi connectivity index (χ1) is 15.9. The predicted molar refractivity (Wildman–Crippen MR) is 130 cm³/mol. The van der Waals surface area contributed by atoms with Crippen LogP contribution in [0.25, 0.3) is 60.6 Å². The lowest BCUT2D eigenvalue weighted by molar-refractivity contribution is 1.07. The molecule has 3 aromatic heterocycles. The molecule has 0 fully saturated rings. The van der Waals surface area contributed by atoms with E-state index in [1.807, 2.05) is 6.20 Å². The van der Waals surface area contributed by atoms with E-state index in [0.29, 0.717) is 0 Å². The average Bonchev–Trinajstić information content (AvgIpc) is 3.50. The Bertz CT molecular complexity index is 1860. The topological polar surface area (TPSA) is 30.2 Å². The van der Waals surface area contributed by atoms with Crippen molar-refractivity contribution >= 4 is 38.1 Å².